The number of primary amides is 1. The summed E-state index contributed by atoms with van der Waals surface area (Å²) in [5, 5.41) is 3.80. The standard InChI is InChI=1S/C13H18N4O2/c14-13(18)16-15-9-11-3-1-2-4-12(11)10-17-5-7-19-8-6-17/h1-4,9H,5-8,10H2,(H3,14,16,18). The van der Waals surface area contributed by atoms with Crippen molar-refractivity contribution in [1.82, 2.24) is 10.3 Å². The van der Waals surface area contributed by atoms with Crippen molar-refractivity contribution in [1.29, 1.82) is 0 Å². The Morgan fingerprint density at radius 1 is 1.42 bits per heavy atom. The molecule has 1 heterocycles. The molecule has 0 bridgehead atoms. The second kappa shape index (κ2) is 6.86. The Balaban J connectivity index is 2.02. The molecule has 102 valence electrons. The third-order valence-electron chi connectivity index (χ3n) is 2.93. The van der Waals surface area contributed by atoms with Crippen molar-refractivity contribution in [2.75, 3.05) is 26.3 Å². The maximum Gasteiger partial charge on any atom is 0.332 e. The van der Waals surface area contributed by atoms with E-state index >= 15 is 0 Å². The number of hydrogen-bond acceptors (Lipinski definition) is 4. The molecule has 1 aromatic rings. The molecule has 1 aromatic carbocycles. The van der Waals surface area contributed by atoms with Crippen LogP contribution in [-0.4, -0.2) is 43.4 Å². The summed E-state index contributed by atoms with van der Waals surface area (Å²) in [6.45, 7) is 4.27. The van der Waals surface area contributed by atoms with Crippen LogP contribution in [0.3, 0.4) is 0 Å². The molecule has 3 N–H and O–H groups in total. The Labute approximate surface area is 112 Å². The Morgan fingerprint density at radius 3 is 2.89 bits per heavy atom. The van der Waals surface area contributed by atoms with Gasteiger partial charge in [-0.05, 0) is 11.1 Å². The van der Waals surface area contributed by atoms with Crippen molar-refractivity contribution in [3.8, 4) is 0 Å². The van der Waals surface area contributed by atoms with E-state index in [9.17, 15) is 4.79 Å². The van der Waals surface area contributed by atoms with Crippen LogP contribution in [0, 0.1) is 0 Å². The summed E-state index contributed by atoms with van der Waals surface area (Å²) in [5.41, 5.74) is 9.30. The predicted octanol–water partition coefficient (Wildman–Crippen LogP) is 0.521. The van der Waals surface area contributed by atoms with Gasteiger partial charge >= 0.3 is 6.03 Å². The van der Waals surface area contributed by atoms with Gasteiger partial charge in [0.1, 0.15) is 0 Å². The van der Waals surface area contributed by atoms with Crippen molar-refractivity contribution in [2.24, 2.45) is 10.8 Å². The van der Waals surface area contributed by atoms with E-state index in [1.54, 1.807) is 6.21 Å². The van der Waals surface area contributed by atoms with Gasteiger partial charge in [0, 0.05) is 19.6 Å². The Hall–Kier alpha value is -1.92. The molecule has 19 heavy (non-hydrogen) atoms. The van der Waals surface area contributed by atoms with Crippen molar-refractivity contribution in [2.45, 2.75) is 6.54 Å². The van der Waals surface area contributed by atoms with Crippen molar-refractivity contribution in [3.63, 3.8) is 0 Å². The molecular formula is C13H18N4O2. The smallest absolute Gasteiger partial charge is 0.332 e. The van der Waals surface area contributed by atoms with Gasteiger partial charge in [0.25, 0.3) is 0 Å². The lowest BCUT2D eigenvalue weighted by Gasteiger charge is -2.27. The van der Waals surface area contributed by atoms with Gasteiger partial charge < -0.3 is 10.5 Å². The van der Waals surface area contributed by atoms with Crippen LogP contribution in [0.15, 0.2) is 29.4 Å². The Bertz CT molecular complexity index is 456. The highest BCUT2D eigenvalue weighted by Gasteiger charge is 2.11. The molecule has 1 saturated heterocycles. The molecule has 0 spiro atoms. The van der Waals surface area contributed by atoms with Crippen LogP contribution in [0.2, 0.25) is 0 Å². The zero-order valence-corrected chi connectivity index (χ0v) is 10.7. The van der Waals surface area contributed by atoms with E-state index in [4.69, 9.17) is 10.5 Å². The fourth-order valence-corrected chi connectivity index (χ4v) is 1.97. The largest absolute Gasteiger partial charge is 0.379 e. The Kier molecular flexibility index (Phi) is 4.88. The minimum Gasteiger partial charge on any atom is -0.379 e. The quantitative estimate of drug-likeness (QED) is 0.613. The van der Waals surface area contributed by atoms with E-state index in [0.29, 0.717) is 0 Å². The molecule has 0 atom stereocenters. The van der Waals surface area contributed by atoms with Crippen LogP contribution in [0.5, 0.6) is 0 Å². The van der Waals surface area contributed by atoms with Crippen LogP contribution in [-0.2, 0) is 11.3 Å². The van der Waals surface area contributed by atoms with Crippen molar-refractivity contribution < 1.29 is 9.53 Å². The molecule has 0 aromatic heterocycles. The monoisotopic (exact) mass is 262 g/mol. The molecule has 0 aliphatic carbocycles. The fraction of sp³-hybridized carbons (Fsp3) is 0.385. The number of rotatable bonds is 4. The van der Waals surface area contributed by atoms with E-state index in [2.05, 4.69) is 21.5 Å². The number of carbonyl (C=O) groups is 1. The van der Waals surface area contributed by atoms with Crippen LogP contribution in [0.1, 0.15) is 11.1 Å². The number of amides is 2. The first-order valence-corrected chi connectivity index (χ1v) is 6.22. The lowest BCUT2D eigenvalue weighted by atomic mass is 10.1. The topological polar surface area (TPSA) is 80.0 Å². The average molecular weight is 262 g/mol. The van der Waals surface area contributed by atoms with Gasteiger partial charge in [-0.25, -0.2) is 10.2 Å². The number of carbonyl (C=O) groups excluding carboxylic acids is 1. The maximum absolute atomic E-state index is 10.6. The van der Waals surface area contributed by atoms with Gasteiger partial charge in [-0.3, -0.25) is 4.90 Å². The number of ether oxygens (including phenoxy) is 1. The van der Waals surface area contributed by atoms with Gasteiger partial charge in [0.05, 0.1) is 19.4 Å². The molecule has 0 radical (unpaired) electrons. The average Bonchev–Trinajstić information content (AvgIpc) is 2.41. The lowest BCUT2D eigenvalue weighted by Crippen LogP contribution is -2.35. The molecule has 0 saturated carbocycles. The molecule has 1 aliphatic heterocycles. The van der Waals surface area contributed by atoms with Crippen molar-refractivity contribution in [3.05, 3.63) is 35.4 Å². The molecule has 6 nitrogen and oxygen atoms in total. The van der Waals surface area contributed by atoms with Crippen LogP contribution in [0.4, 0.5) is 4.79 Å². The fourth-order valence-electron chi connectivity index (χ4n) is 1.97. The summed E-state index contributed by atoms with van der Waals surface area (Å²) in [7, 11) is 0. The highest BCUT2D eigenvalue weighted by molar-refractivity contribution is 5.83. The third-order valence-corrected chi connectivity index (χ3v) is 2.93. The van der Waals surface area contributed by atoms with Gasteiger partial charge in [-0.2, -0.15) is 5.10 Å². The number of benzene rings is 1. The van der Waals surface area contributed by atoms with Crippen molar-refractivity contribution >= 4 is 12.2 Å². The number of urea groups is 1. The Morgan fingerprint density at radius 2 is 2.16 bits per heavy atom. The number of hydrazone groups is 1. The molecule has 6 heteroatoms. The second-order valence-electron chi connectivity index (χ2n) is 4.32. The van der Waals surface area contributed by atoms with Gasteiger partial charge in [0.15, 0.2) is 0 Å². The van der Waals surface area contributed by atoms with E-state index in [1.807, 2.05) is 18.2 Å². The maximum atomic E-state index is 10.6. The summed E-state index contributed by atoms with van der Waals surface area (Å²) in [4.78, 5) is 12.9. The summed E-state index contributed by atoms with van der Waals surface area (Å²) < 4.78 is 5.33. The number of nitrogens with two attached hydrogens (primary N) is 1. The summed E-state index contributed by atoms with van der Waals surface area (Å²) in [6.07, 6.45) is 1.61. The van der Waals surface area contributed by atoms with Gasteiger partial charge in [-0.1, -0.05) is 24.3 Å². The van der Waals surface area contributed by atoms with E-state index < -0.39 is 6.03 Å². The number of hydrogen-bond donors (Lipinski definition) is 2. The normalized spacial score (nSPS) is 16.6. The molecule has 0 unspecified atom stereocenters. The summed E-state index contributed by atoms with van der Waals surface area (Å²) >= 11 is 0. The van der Waals surface area contributed by atoms with Crippen LogP contribution >= 0.6 is 0 Å². The second-order valence-corrected chi connectivity index (χ2v) is 4.32. The van der Waals surface area contributed by atoms with E-state index in [0.717, 1.165) is 38.4 Å². The van der Waals surface area contributed by atoms with Crippen LogP contribution in [0.25, 0.3) is 0 Å². The number of nitrogens with one attached hydrogen (secondary N) is 1. The first-order chi connectivity index (χ1) is 9.25. The first kappa shape index (κ1) is 13.5. The molecule has 2 rings (SSSR count). The number of morpholine rings is 1. The molecule has 2 amide bonds. The van der Waals surface area contributed by atoms with Gasteiger partial charge in [-0.15, -0.1) is 0 Å². The lowest BCUT2D eigenvalue weighted by molar-refractivity contribution is 0.0342. The van der Waals surface area contributed by atoms with Gasteiger partial charge in [0.2, 0.25) is 0 Å². The zero-order valence-electron chi connectivity index (χ0n) is 10.7. The highest BCUT2D eigenvalue weighted by Crippen LogP contribution is 2.11. The minimum absolute atomic E-state index is 0.665. The minimum atomic E-state index is -0.665. The molecule has 1 fully saturated rings. The summed E-state index contributed by atoms with van der Waals surface area (Å²) in [5.74, 6) is 0. The van der Waals surface area contributed by atoms with E-state index in [1.165, 1.54) is 5.56 Å². The third kappa shape index (κ3) is 4.35. The summed E-state index contributed by atoms with van der Waals surface area (Å²) in [6, 6.07) is 7.29. The zero-order chi connectivity index (χ0) is 13.5. The highest BCUT2D eigenvalue weighted by atomic mass is 16.5. The van der Waals surface area contributed by atoms with Crippen LogP contribution < -0.4 is 11.2 Å². The SMILES string of the molecule is NC(=O)NN=Cc1ccccc1CN1CCOCC1. The molecule has 1 aliphatic rings. The first-order valence-electron chi connectivity index (χ1n) is 6.22. The molecular weight excluding hydrogens is 244 g/mol. The van der Waals surface area contributed by atoms with E-state index in [-0.39, 0.29) is 0 Å². The predicted molar refractivity (Wildman–Crippen MR) is 72.9 cm³/mol. The number of nitrogens with zero attached hydrogens (tertiary/aromatic N) is 2.